The zero-order valence-corrected chi connectivity index (χ0v) is 12.1. The Kier molecular flexibility index (Phi) is 4.01. The molecule has 0 unspecified atom stereocenters. The van der Waals surface area contributed by atoms with E-state index in [2.05, 4.69) is 15.6 Å². The normalized spacial score (nSPS) is 10.5. The van der Waals surface area contributed by atoms with Crippen molar-refractivity contribution >= 4 is 17.4 Å². The maximum absolute atomic E-state index is 13.2. The third-order valence-corrected chi connectivity index (χ3v) is 3.24. The Morgan fingerprint density at radius 1 is 1.17 bits per heavy atom. The first-order valence-corrected chi connectivity index (χ1v) is 6.93. The van der Waals surface area contributed by atoms with Gasteiger partial charge in [0.25, 0.3) is 5.91 Å². The number of halogens is 1. The van der Waals surface area contributed by atoms with Gasteiger partial charge < -0.3 is 11.1 Å². The van der Waals surface area contributed by atoms with E-state index in [4.69, 9.17) is 5.73 Å². The number of anilines is 2. The number of carbonyl (C=O) groups excluding carboxylic acids is 1. The predicted molar refractivity (Wildman–Crippen MR) is 84.3 cm³/mol. The number of nitrogen functional groups attached to an aromatic ring is 1. The lowest BCUT2D eigenvalue weighted by atomic mass is 10.2. The average molecular weight is 311 g/mol. The Hall–Kier alpha value is -3.22. The van der Waals surface area contributed by atoms with Crippen LogP contribution in [0, 0.1) is 5.82 Å². The van der Waals surface area contributed by atoms with Crippen molar-refractivity contribution in [2.45, 2.75) is 6.54 Å². The van der Waals surface area contributed by atoms with Gasteiger partial charge in [-0.3, -0.25) is 4.79 Å². The Morgan fingerprint density at radius 3 is 2.70 bits per heavy atom. The fourth-order valence-electron chi connectivity index (χ4n) is 2.12. The van der Waals surface area contributed by atoms with Gasteiger partial charge in [-0.05, 0) is 29.8 Å². The van der Waals surface area contributed by atoms with Gasteiger partial charge in [0.15, 0.2) is 11.5 Å². The first-order chi connectivity index (χ1) is 11.1. The van der Waals surface area contributed by atoms with Crippen molar-refractivity contribution in [3.8, 4) is 0 Å². The summed E-state index contributed by atoms with van der Waals surface area (Å²) in [5, 5.41) is 10.4. The molecule has 6 nitrogen and oxygen atoms in total. The number of carbonyl (C=O) groups is 1. The molecule has 3 rings (SSSR count). The maximum atomic E-state index is 13.2. The highest BCUT2D eigenvalue weighted by atomic mass is 19.1. The molecule has 1 aromatic heterocycles. The third kappa shape index (κ3) is 3.34. The summed E-state index contributed by atoms with van der Waals surface area (Å²) in [5.41, 5.74) is 7.27. The number of rotatable bonds is 4. The number of para-hydroxylation sites is 1. The number of aromatic nitrogens is 3. The molecule has 0 spiro atoms. The molecule has 3 N–H and O–H groups in total. The van der Waals surface area contributed by atoms with E-state index in [-0.39, 0.29) is 23.9 Å². The van der Waals surface area contributed by atoms with E-state index in [1.165, 1.54) is 16.8 Å². The summed E-state index contributed by atoms with van der Waals surface area (Å²) in [7, 11) is 0. The molecule has 0 aliphatic rings. The van der Waals surface area contributed by atoms with Gasteiger partial charge in [-0.25, -0.2) is 9.07 Å². The standard InChI is InChI=1S/C16H14FN5O/c17-12-6-4-5-11(9-12)10-22-15(18)14(20-21-22)16(23)19-13-7-2-1-3-8-13/h1-9H,10,18H2,(H,19,23). The Balaban J connectivity index is 1.77. The van der Waals surface area contributed by atoms with Gasteiger partial charge in [0, 0.05) is 5.69 Å². The smallest absolute Gasteiger partial charge is 0.280 e. The lowest BCUT2D eigenvalue weighted by Crippen LogP contribution is -2.15. The number of benzene rings is 2. The van der Waals surface area contributed by atoms with Crippen LogP contribution in [-0.2, 0) is 6.54 Å². The molecule has 0 atom stereocenters. The van der Waals surface area contributed by atoms with Crippen LogP contribution in [0.2, 0.25) is 0 Å². The summed E-state index contributed by atoms with van der Waals surface area (Å²) in [5.74, 6) is -0.662. The van der Waals surface area contributed by atoms with Gasteiger partial charge in [-0.2, -0.15) is 0 Å². The molecule has 1 heterocycles. The van der Waals surface area contributed by atoms with E-state index in [0.717, 1.165) is 0 Å². The van der Waals surface area contributed by atoms with Crippen LogP contribution >= 0.6 is 0 Å². The molecule has 0 fully saturated rings. The highest BCUT2D eigenvalue weighted by Crippen LogP contribution is 2.14. The Bertz CT molecular complexity index is 831. The summed E-state index contributed by atoms with van der Waals surface area (Å²) in [6.45, 7) is 0.231. The Morgan fingerprint density at radius 2 is 1.96 bits per heavy atom. The minimum atomic E-state index is -0.445. The number of hydrogen-bond acceptors (Lipinski definition) is 4. The lowest BCUT2D eigenvalue weighted by Gasteiger charge is -2.05. The van der Waals surface area contributed by atoms with E-state index in [0.29, 0.717) is 11.3 Å². The molecule has 3 aromatic rings. The summed E-state index contributed by atoms with van der Waals surface area (Å²) in [6, 6.07) is 15.0. The SMILES string of the molecule is Nc1c(C(=O)Nc2ccccc2)nnn1Cc1cccc(F)c1. The summed E-state index contributed by atoms with van der Waals surface area (Å²) in [6.07, 6.45) is 0. The number of amides is 1. The van der Waals surface area contributed by atoms with Gasteiger partial charge in [0.05, 0.1) is 6.54 Å². The van der Waals surface area contributed by atoms with Gasteiger partial charge in [0.2, 0.25) is 0 Å². The maximum Gasteiger partial charge on any atom is 0.280 e. The van der Waals surface area contributed by atoms with E-state index in [9.17, 15) is 9.18 Å². The highest BCUT2D eigenvalue weighted by Gasteiger charge is 2.17. The third-order valence-electron chi connectivity index (χ3n) is 3.24. The van der Waals surface area contributed by atoms with Gasteiger partial charge >= 0.3 is 0 Å². The van der Waals surface area contributed by atoms with Crippen LogP contribution in [0.15, 0.2) is 54.6 Å². The van der Waals surface area contributed by atoms with Crippen LogP contribution in [0.3, 0.4) is 0 Å². The van der Waals surface area contributed by atoms with E-state index in [1.54, 1.807) is 36.4 Å². The van der Waals surface area contributed by atoms with E-state index in [1.807, 2.05) is 6.07 Å². The lowest BCUT2D eigenvalue weighted by molar-refractivity contribution is 0.102. The number of nitrogens with one attached hydrogen (secondary N) is 1. The molecule has 0 saturated carbocycles. The fourth-order valence-corrected chi connectivity index (χ4v) is 2.12. The molecule has 23 heavy (non-hydrogen) atoms. The molecule has 2 aromatic carbocycles. The van der Waals surface area contributed by atoms with Crippen LogP contribution < -0.4 is 11.1 Å². The Labute approximate surface area is 131 Å². The van der Waals surface area contributed by atoms with Gasteiger partial charge in [-0.1, -0.05) is 35.5 Å². The summed E-state index contributed by atoms with van der Waals surface area (Å²) >= 11 is 0. The quantitative estimate of drug-likeness (QED) is 0.774. The first kappa shape index (κ1) is 14.7. The molecule has 7 heteroatoms. The van der Waals surface area contributed by atoms with E-state index < -0.39 is 5.91 Å². The molecule has 0 saturated heterocycles. The van der Waals surface area contributed by atoms with Crippen molar-refractivity contribution in [2.75, 3.05) is 11.1 Å². The zero-order chi connectivity index (χ0) is 16.2. The molecule has 0 aliphatic heterocycles. The van der Waals surface area contributed by atoms with Crippen LogP contribution in [0.25, 0.3) is 0 Å². The second-order valence-electron chi connectivity index (χ2n) is 4.93. The van der Waals surface area contributed by atoms with Crippen LogP contribution in [0.4, 0.5) is 15.9 Å². The van der Waals surface area contributed by atoms with Crippen molar-refractivity contribution in [2.24, 2.45) is 0 Å². The van der Waals surface area contributed by atoms with Crippen molar-refractivity contribution in [3.05, 3.63) is 71.7 Å². The average Bonchev–Trinajstić information content (AvgIpc) is 2.89. The molecule has 0 aliphatic carbocycles. The number of hydrogen-bond donors (Lipinski definition) is 2. The van der Waals surface area contributed by atoms with Crippen LogP contribution in [0.5, 0.6) is 0 Å². The van der Waals surface area contributed by atoms with Crippen molar-refractivity contribution in [1.29, 1.82) is 0 Å². The second-order valence-corrected chi connectivity index (χ2v) is 4.93. The first-order valence-electron chi connectivity index (χ1n) is 6.93. The molecule has 1 amide bonds. The highest BCUT2D eigenvalue weighted by molar-refractivity contribution is 6.05. The fraction of sp³-hybridized carbons (Fsp3) is 0.0625. The van der Waals surface area contributed by atoms with Crippen LogP contribution in [0.1, 0.15) is 16.1 Å². The topological polar surface area (TPSA) is 85.8 Å². The molecule has 116 valence electrons. The van der Waals surface area contributed by atoms with Crippen molar-refractivity contribution < 1.29 is 9.18 Å². The molecule has 0 bridgehead atoms. The van der Waals surface area contributed by atoms with Crippen molar-refractivity contribution in [3.63, 3.8) is 0 Å². The minimum Gasteiger partial charge on any atom is -0.382 e. The molecular weight excluding hydrogens is 297 g/mol. The summed E-state index contributed by atoms with van der Waals surface area (Å²) < 4.78 is 14.6. The monoisotopic (exact) mass is 311 g/mol. The summed E-state index contributed by atoms with van der Waals surface area (Å²) in [4.78, 5) is 12.2. The van der Waals surface area contributed by atoms with E-state index >= 15 is 0 Å². The van der Waals surface area contributed by atoms with Gasteiger partial charge in [-0.15, -0.1) is 5.10 Å². The second kappa shape index (κ2) is 6.27. The number of nitrogens with zero attached hydrogens (tertiary/aromatic N) is 3. The number of nitrogens with two attached hydrogens (primary N) is 1. The van der Waals surface area contributed by atoms with Gasteiger partial charge in [0.1, 0.15) is 5.82 Å². The zero-order valence-electron chi connectivity index (χ0n) is 12.1. The minimum absolute atomic E-state index is 0.0326. The largest absolute Gasteiger partial charge is 0.382 e. The van der Waals surface area contributed by atoms with Crippen LogP contribution in [-0.4, -0.2) is 20.9 Å². The predicted octanol–water partition coefficient (Wildman–Crippen LogP) is 2.30. The molecular formula is C16H14FN5O. The van der Waals surface area contributed by atoms with Crippen molar-refractivity contribution in [1.82, 2.24) is 15.0 Å². The molecule has 0 radical (unpaired) electrons.